The maximum Gasteiger partial charge on any atom is 0.393 e. The Morgan fingerprint density at radius 3 is 2.60 bits per heavy atom. The number of aryl methyl sites for hydroxylation is 2. The lowest BCUT2D eigenvalue weighted by Gasteiger charge is -2.33. The number of alkyl halides is 3. The quantitative estimate of drug-likeness (QED) is 0.232. The number of rotatable bonds is 11. The van der Waals surface area contributed by atoms with Gasteiger partial charge in [-0.2, -0.15) is 13.2 Å². The van der Waals surface area contributed by atoms with E-state index in [1.807, 2.05) is 18.9 Å². The summed E-state index contributed by atoms with van der Waals surface area (Å²) in [5.74, 6) is 0.733. The number of carbonyl (C=O) groups excluding carboxylic acids is 1. The van der Waals surface area contributed by atoms with Crippen molar-refractivity contribution in [3.05, 3.63) is 52.3 Å². The SMILES string of the molecule is CCN(CCNC)C(=O)Cn1c(C)cc2c(C)c(CN3CCC(Nc4ncnc5sc(CC(F)(F)F)cc45)CC3)ccc21. The van der Waals surface area contributed by atoms with E-state index >= 15 is 0 Å². The number of amides is 1. The number of anilines is 1. The molecule has 0 saturated carbocycles. The van der Waals surface area contributed by atoms with Crippen LogP contribution >= 0.6 is 11.3 Å². The number of piperidine rings is 1. The third kappa shape index (κ3) is 7.30. The molecule has 4 heterocycles. The van der Waals surface area contributed by atoms with Crippen LogP contribution in [0.1, 0.15) is 41.5 Å². The molecule has 2 N–H and O–H groups in total. The molecule has 1 fully saturated rings. The van der Waals surface area contributed by atoms with Crippen LogP contribution < -0.4 is 10.6 Å². The largest absolute Gasteiger partial charge is 0.393 e. The lowest BCUT2D eigenvalue weighted by molar-refractivity contribution is -0.131. The second-order valence-electron chi connectivity index (χ2n) is 11.4. The van der Waals surface area contributed by atoms with Crippen LogP contribution in [0, 0.1) is 13.8 Å². The molecule has 1 aliphatic heterocycles. The van der Waals surface area contributed by atoms with E-state index in [1.165, 1.54) is 22.8 Å². The van der Waals surface area contributed by atoms with Gasteiger partial charge in [0, 0.05) is 66.8 Å². The molecule has 1 aromatic carbocycles. The van der Waals surface area contributed by atoms with Gasteiger partial charge >= 0.3 is 6.18 Å². The summed E-state index contributed by atoms with van der Waals surface area (Å²) in [5.41, 5.74) is 4.68. The van der Waals surface area contributed by atoms with Gasteiger partial charge in [-0.25, -0.2) is 9.97 Å². The Hall–Kier alpha value is -3.22. The van der Waals surface area contributed by atoms with Crippen molar-refractivity contribution in [2.75, 3.05) is 45.1 Å². The zero-order valence-corrected chi connectivity index (χ0v) is 26.0. The fourth-order valence-electron chi connectivity index (χ4n) is 5.95. The van der Waals surface area contributed by atoms with E-state index in [4.69, 9.17) is 0 Å². The molecule has 0 radical (unpaired) electrons. The number of nitrogens with one attached hydrogen (secondary N) is 2. The highest BCUT2D eigenvalue weighted by Gasteiger charge is 2.29. The molecule has 0 spiro atoms. The number of hydrogen-bond acceptors (Lipinski definition) is 7. The molecular weight excluding hydrogens is 575 g/mol. The molecule has 0 bridgehead atoms. The monoisotopic (exact) mass is 615 g/mol. The predicted octanol–water partition coefficient (Wildman–Crippen LogP) is 5.51. The van der Waals surface area contributed by atoms with E-state index in [2.05, 4.69) is 62.1 Å². The van der Waals surface area contributed by atoms with Gasteiger partial charge in [0.15, 0.2) is 0 Å². The molecule has 8 nitrogen and oxygen atoms in total. The van der Waals surface area contributed by atoms with E-state index in [9.17, 15) is 18.0 Å². The van der Waals surface area contributed by atoms with Gasteiger partial charge < -0.3 is 20.1 Å². The van der Waals surface area contributed by atoms with Crippen molar-refractivity contribution >= 4 is 44.2 Å². The van der Waals surface area contributed by atoms with Crippen LogP contribution in [-0.4, -0.2) is 82.2 Å². The van der Waals surface area contributed by atoms with Crippen molar-refractivity contribution in [1.82, 2.24) is 29.7 Å². The highest BCUT2D eigenvalue weighted by Crippen LogP contribution is 2.33. The Bertz CT molecular complexity index is 1570. The van der Waals surface area contributed by atoms with Crippen LogP contribution in [0.25, 0.3) is 21.1 Å². The molecule has 232 valence electrons. The molecule has 12 heteroatoms. The van der Waals surface area contributed by atoms with Crippen LogP contribution in [0.4, 0.5) is 19.0 Å². The smallest absolute Gasteiger partial charge is 0.367 e. The second kappa shape index (κ2) is 13.2. The van der Waals surface area contributed by atoms with Crippen molar-refractivity contribution in [2.45, 2.75) is 65.3 Å². The highest BCUT2D eigenvalue weighted by molar-refractivity contribution is 7.18. The minimum absolute atomic E-state index is 0.125. The van der Waals surface area contributed by atoms with Crippen molar-refractivity contribution in [3.8, 4) is 0 Å². The number of thiophene rings is 1. The summed E-state index contributed by atoms with van der Waals surface area (Å²) in [7, 11) is 1.89. The van der Waals surface area contributed by atoms with Gasteiger partial charge in [-0.15, -0.1) is 11.3 Å². The molecule has 5 rings (SSSR count). The number of hydrogen-bond donors (Lipinski definition) is 2. The fourth-order valence-corrected chi connectivity index (χ4v) is 6.98. The summed E-state index contributed by atoms with van der Waals surface area (Å²) in [6, 6.07) is 8.28. The zero-order chi connectivity index (χ0) is 30.7. The first-order chi connectivity index (χ1) is 20.6. The van der Waals surface area contributed by atoms with Crippen molar-refractivity contribution < 1.29 is 18.0 Å². The molecule has 1 saturated heterocycles. The predicted molar refractivity (Wildman–Crippen MR) is 167 cm³/mol. The number of halogens is 3. The van der Waals surface area contributed by atoms with Gasteiger partial charge in [0.25, 0.3) is 0 Å². The van der Waals surface area contributed by atoms with E-state index in [0.29, 0.717) is 35.7 Å². The van der Waals surface area contributed by atoms with Crippen LogP contribution in [0.3, 0.4) is 0 Å². The van der Waals surface area contributed by atoms with E-state index in [-0.39, 0.29) is 16.8 Å². The van der Waals surface area contributed by atoms with Crippen molar-refractivity contribution in [2.24, 2.45) is 0 Å². The van der Waals surface area contributed by atoms with Gasteiger partial charge in [-0.1, -0.05) is 6.07 Å². The van der Waals surface area contributed by atoms with Crippen LogP contribution in [-0.2, 0) is 24.3 Å². The number of likely N-dealkylation sites (tertiary alicyclic amines) is 1. The first-order valence-corrected chi connectivity index (χ1v) is 15.7. The number of carbonyl (C=O) groups is 1. The topological polar surface area (TPSA) is 78.3 Å². The van der Waals surface area contributed by atoms with Crippen molar-refractivity contribution in [3.63, 3.8) is 0 Å². The second-order valence-corrected chi connectivity index (χ2v) is 12.5. The Balaban J connectivity index is 1.21. The Morgan fingerprint density at radius 2 is 1.91 bits per heavy atom. The van der Waals surface area contributed by atoms with Gasteiger partial charge in [0.05, 0.1) is 11.8 Å². The Labute approximate surface area is 254 Å². The number of nitrogens with zero attached hydrogens (tertiary/aromatic N) is 5. The standard InChI is InChI=1S/C31H40F3N7OS/c1-5-40(13-10-35-4)28(42)18-41-20(2)14-25-21(3)22(6-7-27(25)41)17-39-11-8-23(9-12-39)38-29-26-15-24(16-31(32,33)34)43-30(26)37-19-36-29/h6-7,14-15,19,23,35H,5,8-13,16-18H2,1-4H3,(H,36,37,38). The molecule has 4 aromatic rings. The maximum absolute atomic E-state index is 13.0. The third-order valence-electron chi connectivity index (χ3n) is 8.41. The lowest BCUT2D eigenvalue weighted by Crippen LogP contribution is -2.39. The minimum Gasteiger partial charge on any atom is -0.367 e. The molecule has 43 heavy (non-hydrogen) atoms. The van der Waals surface area contributed by atoms with E-state index in [1.54, 1.807) is 6.07 Å². The Morgan fingerprint density at radius 1 is 1.14 bits per heavy atom. The van der Waals surface area contributed by atoms with Gasteiger partial charge in [0.1, 0.15) is 23.5 Å². The minimum atomic E-state index is -4.25. The Kier molecular flexibility index (Phi) is 9.57. The zero-order valence-electron chi connectivity index (χ0n) is 25.2. The number of benzene rings is 1. The summed E-state index contributed by atoms with van der Waals surface area (Å²) in [5, 5.41) is 8.44. The number of likely N-dealkylation sites (N-methyl/N-ethyl adjacent to an activating group) is 2. The summed E-state index contributed by atoms with van der Waals surface area (Å²) in [6.45, 7) is 11.4. The number of fused-ring (bicyclic) bond motifs is 2. The summed E-state index contributed by atoms with van der Waals surface area (Å²) < 4.78 is 40.8. The average molecular weight is 616 g/mol. The van der Waals surface area contributed by atoms with Gasteiger partial charge in [0.2, 0.25) is 5.91 Å². The molecule has 0 atom stereocenters. The molecule has 1 amide bonds. The third-order valence-corrected chi connectivity index (χ3v) is 9.45. The molecule has 1 aliphatic rings. The normalized spacial score (nSPS) is 15.0. The van der Waals surface area contributed by atoms with Crippen LogP contribution in [0.5, 0.6) is 0 Å². The van der Waals surface area contributed by atoms with E-state index < -0.39 is 12.6 Å². The van der Waals surface area contributed by atoms with Gasteiger partial charge in [-0.3, -0.25) is 9.69 Å². The summed E-state index contributed by atoms with van der Waals surface area (Å²) in [6.07, 6.45) is -1.96. The molecular formula is C31H40F3N7OS. The van der Waals surface area contributed by atoms with Crippen LogP contribution in [0.15, 0.2) is 30.6 Å². The maximum atomic E-state index is 13.0. The number of aromatic nitrogens is 3. The lowest BCUT2D eigenvalue weighted by atomic mass is 10.0. The summed E-state index contributed by atoms with van der Waals surface area (Å²) in [4.78, 5) is 26.7. The molecule has 3 aromatic heterocycles. The summed E-state index contributed by atoms with van der Waals surface area (Å²) >= 11 is 1.07. The van der Waals surface area contributed by atoms with E-state index in [0.717, 1.165) is 61.6 Å². The van der Waals surface area contributed by atoms with Crippen LogP contribution in [0.2, 0.25) is 0 Å². The van der Waals surface area contributed by atoms with Crippen molar-refractivity contribution in [1.29, 1.82) is 0 Å². The highest BCUT2D eigenvalue weighted by atomic mass is 32.1. The molecule has 0 aliphatic carbocycles. The first-order valence-electron chi connectivity index (χ1n) is 14.9. The fraction of sp³-hybridized carbons (Fsp3) is 0.516. The van der Waals surface area contributed by atoms with Gasteiger partial charge in [-0.05, 0) is 70.0 Å². The average Bonchev–Trinajstić information content (AvgIpc) is 3.51. The molecule has 0 unspecified atom stereocenters. The first kappa shape index (κ1) is 31.2.